The van der Waals surface area contributed by atoms with Gasteiger partial charge in [-0.15, -0.1) is 0 Å². The quantitative estimate of drug-likeness (QED) is 0.838. The molecule has 130 valence electrons. The number of nitrogens with zero attached hydrogens (tertiary/aromatic N) is 1. The average molecular weight is 332 g/mol. The summed E-state index contributed by atoms with van der Waals surface area (Å²) in [5, 5.41) is 11.8. The van der Waals surface area contributed by atoms with Gasteiger partial charge in [0.15, 0.2) is 0 Å². The van der Waals surface area contributed by atoms with E-state index >= 15 is 0 Å². The summed E-state index contributed by atoms with van der Waals surface area (Å²) >= 11 is 0. The molecule has 2 rings (SSSR count). The molecular weight excluding hydrogens is 308 g/mol. The van der Waals surface area contributed by atoms with E-state index in [1.807, 2.05) is 19.1 Å². The van der Waals surface area contributed by atoms with Gasteiger partial charge in [0, 0.05) is 30.8 Å². The van der Waals surface area contributed by atoms with Gasteiger partial charge >= 0.3 is 5.97 Å². The van der Waals surface area contributed by atoms with Crippen molar-refractivity contribution in [3.63, 3.8) is 0 Å². The highest BCUT2D eigenvalue weighted by molar-refractivity contribution is 5.98. The van der Waals surface area contributed by atoms with E-state index in [2.05, 4.69) is 5.32 Å². The lowest BCUT2D eigenvalue weighted by atomic mass is 9.85. The number of aliphatic carboxylic acids is 1. The SMILES string of the molecule is Cc1c(NC(=O)CC(C)(C)CC(=O)O)cccc1N1CCCC1=O. The van der Waals surface area contributed by atoms with E-state index in [9.17, 15) is 14.4 Å². The van der Waals surface area contributed by atoms with Crippen molar-refractivity contribution in [1.29, 1.82) is 0 Å². The highest BCUT2D eigenvalue weighted by atomic mass is 16.4. The molecule has 0 bridgehead atoms. The molecule has 0 atom stereocenters. The smallest absolute Gasteiger partial charge is 0.303 e. The van der Waals surface area contributed by atoms with Crippen LogP contribution in [-0.2, 0) is 14.4 Å². The van der Waals surface area contributed by atoms with Gasteiger partial charge in [-0.05, 0) is 36.5 Å². The van der Waals surface area contributed by atoms with Crippen molar-refractivity contribution in [2.24, 2.45) is 5.41 Å². The van der Waals surface area contributed by atoms with Gasteiger partial charge in [-0.2, -0.15) is 0 Å². The van der Waals surface area contributed by atoms with Crippen molar-refractivity contribution < 1.29 is 19.5 Å². The van der Waals surface area contributed by atoms with Crippen molar-refractivity contribution >= 4 is 29.2 Å². The van der Waals surface area contributed by atoms with Crippen LogP contribution in [0.1, 0.15) is 45.1 Å². The molecule has 0 saturated carbocycles. The van der Waals surface area contributed by atoms with Crippen molar-refractivity contribution in [2.75, 3.05) is 16.8 Å². The molecule has 0 unspecified atom stereocenters. The summed E-state index contributed by atoms with van der Waals surface area (Å²) in [6.45, 7) is 6.08. The van der Waals surface area contributed by atoms with Crippen LogP contribution in [0.15, 0.2) is 18.2 Å². The van der Waals surface area contributed by atoms with Crippen LogP contribution in [0.25, 0.3) is 0 Å². The number of rotatable bonds is 6. The molecular formula is C18H24N2O4. The van der Waals surface area contributed by atoms with Crippen LogP contribution < -0.4 is 10.2 Å². The summed E-state index contributed by atoms with van der Waals surface area (Å²) in [5.41, 5.74) is 1.70. The predicted octanol–water partition coefficient (Wildman–Crippen LogP) is 2.95. The van der Waals surface area contributed by atoms with Gasteiger partial charge in [0.25, 0.3) is 0 Å². The van der Waals surface area contributed by atoms with Crippen LogP contribution in [0.5, 0.6) is 0 Å². The van der Waals surface area contributed by atoms with Gasteiger partial charge in [0.2, 0.25) is 11.8 Å². The minimum atomic E-state index is -0.918. The number of carboxylic acid groups (broad SMARTS) is 1. The summed E-state index contributed by atoms with van der Waals surface area (Å²) < 4.78 is 0. The fraction of sp³-hybridized carbons (Fsp3) is 0.500. The number of nitrogens with one attached hydrogen (secondary N) is 1. The van der Waals surface area contributed by atoms with Gasteiger partial charge in [-0.25, -0.2) is 0 Å². The van der Waals surface area contributed by atoms with Gasteiger partial charge in [0.1, 0.15) is 0 Å². The van der Waals surface area contributed by atoms with E-state index in [0.717, 1.165) is 17.7 Å². The van der Waals surface area contributed by atoms with E-state index < -0.39 is 11.4 Å². The van der Waals surface area contributed by atoms with E-state index in [-0.39, 0.29) is 24.7 Å². The van der Waals surface area contributed by atoms with Crippen molar-refractivity contribution in [3.8, 4) is 0 Å². The molecule has 1 aliphatic rings. The first-order valence-electron chi connectivity index (χ1n) is 8.11. The Kier molecular flexibility index (Phi) is 5.26. The zero-order valence-electron chi connectivity index (χ0n) is 14.4. The van der Waals surface area contributed by atoms with Crippen LogP contribution in [0.2, 0.25) is 0 Å². The lowest BCUT2D eigenvalue weighted by Crippen LogP contribution is -2.26. The molecule has 0 aromatic heterocycles. The number of hydrogen-bond donors (Lipinski definition) is 2. The van der Waals surface area contributed by atoms with Crippen molar-refractivity contribution in [3.05, 3.63) is 23.8 Å². The third-order valence-corrected chi connectivity index (χ3v) is 4.21. The Balaban J connectivity index is 2.11. The molecule has 1 aromatic carbocycles. The summed E-state index contributed by atoms with van der Waals surface area (Å²) in [4.78, 5) is 36.8. The van der Waals surface area contributed by atoms with Crippen LogP contribution in [0, 0.1) is 12.3 Å². The maximum Gasteiger partial charge on any atom is 0.303 e. The third-order valence-electron chi connectivity index (χ3n) is 4.21. The molecule has 6 heteroatoms. The predicted molar refractivity (Wildman–Crippen MR) is 92.0 cm³/mol. The summed E-state index contributed by atoms with van der Waals surface area (Å²) in [6.07, 6.45) is 1.45. The molecule has 1 heterocycles. The van der Waals surface area contributed by atoms with Gasteiger partial charge in [-0.1, -0.05) is 19.9 Å². The molecule has 1 saturated heterocycles. The Hall–Kier alpha value is -2.37. The fourth-order valence-electron chi connectivity index (χ4n) is 3.06. The number of carboxylic acids is 1. The summed E-state index contributed by atoms with van der Waals surface area (Å²) in [5.74, 6) is -1.04. The van der Waals surface area contributed by atoms with E-state index in [1.54, 1.807) is 24.8 Å². The zero-order chi connectivity index (χ0) is 17.9. The van der Waals surface area contributed by atoms with Gasteiger partial charge < -0.3 is 15.3 Å². The monoisotopic (exact) mass is 332 g/mol. The first-order chi connectivity index (χ1) is 11.2. The lowest BCUT2D eigenvalue weighted by molar-refractivity contribution is -0.139. The molecule has 2 N–H and O–H groups in total. The number of amides is 2. The zero-order valence-corrected chi connectivity index (χ0v) is 14.4. The number of carbonyl (C=O) groups is 3. The molecule has 24 heavy (non-hydrogen) atoms. The standard InChI is InChI=1S/C18H24N2O4/c1-12-13(19-15(21)10-18(2,3)11-17(23)24)6-4-7-14(12)20-9-5-8-16(20)22/h4,6-7H,5,8-11H2,1-3H3,(H,19,21)(H,23,24). The van der Waals surface area contributed by atoms with Crippen LogP contribution >= 0.6 is 0 Å². The molecule has 0 radical (unpaired) electrons. The molecule has 1 aromatic rings. The van der Waals surface area contributed by atoms with Gasteiger partial charge in [-0.3, -0.25) is 14.4 Å². The Morgan fingerprint density at radius 1 is 1.29 bits per heavy atom. The second-order valence-corrected chi connectivity index (χ2v) is 7.06. The fourth-order valence-corrected chi connectivity index (χ4v) is 3.06. The Bertz CT molecular complexity index is 667. The molecule has 1 aliphatic heterocycles. The Morgan fingerprint density at radius 2 is 2.00 bits per heavy atom. The topological polar surface area (TPSA) is 86.7 Å². The first-order valence-corrected chi connectivity index (χ1v) is 8.11. The Morgan fingerprint density at radius 3 is 2.58 bits per heavy atom. The molecule has 0 spiro atoms. The highest BCUT2D eigenvalue weighted by Crippen LogP contribution is 2.31. The van der Waals surface area contributed by atoms with Crippen molar-refractivity contribution in [2.45, 2.75) is 46.5 Å². The minimum Gasteiger partial charge on any atom is -0.481 e. The highest BCUT2D eigenvalue weighted by Gasteiger charge is 2.26. The molecule has 0 aliphatic carbocycles. The van der Waals surface area contributed by atoms with Crippen molar-refractivity contribution in [1.82, 2.24) is 0 Å². The van der Waals surface area contributed by atoms with E-state index in [1.165, 1.54) is 0 Å². The normalized spacial score (nSPS) is 14.8. The second kappa shape index (κ2) is 7.03. The maximum atomic E-state index is 12.3. The number of anilines is 2. The molecule has 2 amide bonds. The van der Waals surface area contributed by atoms with Crippen LogP contribution in [0.4, 0.5) is 11.4 Å². The summed E-state index contributed by atoms with van der Waals surface area (Å²) in [7, 11) is 0. The van der Waals surface area contributed by atoms with Crippen LogP contribution in [0.3, 0.4) is 0 Å². The number of benzene rings is 1. The number of hydrogen-bond acceptors (Lipinski definition) is 3. The van der Waals surface area contributed by atoms with Gasteiger partial charge in [0.05, 0.1) is 6.42 Å². The van der Waals surface area contributed by atoms with E-state index in [0.29, 0.717) is 18.7 Å². The molecule has 1 fully saturated rings. The third kappa shape index (κ3) is 4.34. The van der Waals surface area contributed by atoms with E-state index in [4.69, 9.17) is 5.11 Å². The average Bonchev–Trinajstić information content (AvgIpc) is 2.85. The summed E-state index contributed by atoms with van der Waals surface area (Å²) in [6, 6.07) is 5.48. The molecule has 6 nitrogen and oxygen atoms in total. The second-order valence-electron chi connectivity index (χ2n) is 7.06. The minimum absolute atomic E-state index is 0.0677. The maximum absolute atomic E-state index is 12.3. The Labute approximate surface area is 141 Å². The van der Waals surface area contributed by atoms with Crippen LogP contribution in [-0.4, -0.2) is 29.4 Å². The lowest BCUT2D eigenvalue weighted by Gasteiger charge is -2.23. The first kappa shape index (κ1) is 18.0. The largest absolute Gasteiger partial charge is 0.481 e. The number of carbonyl (C=O) groups excluding carboxylic acids is 2.